The molecule has 3 rings (SSSR count). The summed E-state index contributed by atoms with van der Waals surface area (Å²) in [5, 5.41) is 3.27. The van der Waals surface area contributed by atoms with Crippen LogP contribution in [-0.2, 0) is 10.2 Å². The van der Waals surface area contributed by atoms with Crippen LogP contribution in [0.15, 0.2) is 59.7 Å². The van der Waals surface area contributed by atoms with Crippen molar-refractivity contribution < 1.29 is 4.79 Å². The van der Waals surface area contributed by atoms with Gasteiger partial charge >= 0.3 is 0 Å². The number of hydrogen-bond donors (Lipinski definition) is 2. The van der Waals surface area contributed by atoms with Crippen molar-refractivity contribution in [2.24, 2.45) is 0 Å². The van der Waals surface area contributed by atoms with Gasteiger partial charge in [0.15, 0.2) is 0 Å². The molecule has 0 radical (unpaired) electrons. The van der Waals surface area contributed by atoms with E-state index in [9.17, 15) is 9.59 Å². The van der Waals surface area contributed by atoms with Gasteiger partial charge in [-0.3, -0.25) is 9.59 Å². The van der Waals surface area contributed by atoms with Crippen LogP contribution in [0.4, 0.5) is 5.69 Å². The molecule has 0 bridgehead atoms. The van der Waals surface area contributed by atoms with Crippen LogP contribution in [0.1, 0.15) is 31.9 Å². The largest absolute Gasteiger partial charge is 0.322 e. The maximum absolute atomic E-state index is 12.1. The van der Waals surface area contributed by atoms with Gasteiger partial charge < -0.3 is 10.3 Å². The second-order valence-electron chi connectivity index (χ2n) is 7.16. The summed E-state index contributed by atoms with van der Waals surface area (Å²) in [5.74, 6) is -0.242. The molecule has 0 saturated carbocycles. The quantitative estimate of drug-likeness (QED) is 0.706. The van der Waals surface area contributed by atoms with E-state index in [2.05, 4.69) is 48.2 Å². The van der Waals surface area contributed by atoms with Crippen LogP contribution in [-0.4, -0.2) is 15.9 Å². The van der Waals surface area contributed by atoms with E-state index in [-0.39, 0.29) is 16.9 Å². The van der Waals surface area contributed by atoms with Crippen LogP contribution < -0.4 is 10.9 Å². The highest BCUT2D eigenvalue weighted by Crippen LogP contribution is 2.22. The lowest BCUT2D eigenvalue weighted by molar-refractivity contribution is -0.111. The first-order valence-electron chi connectivity index (χ1n) is 8.40. The van der Waals surface area contributed by atoms with Gasteiger partial charge in [-0.2, -0.15) is 0 Å². The molecular formula is C21H21N3O2. The SMILES string of the molecule is CC(C)(C)c1ccc(C=CC(=O)Nc2ccc3c(=O)[nH]cnc3c2)cc1. The first kappa shape index (κ1) is 17.6. The minimum absolute atomic E-state index is 0.103. The van der Waals surface area contributed by atoms with Crippen molar-refractivity contribution in [2.45, 2.75) is 26.2 Å². The van der Waals surface area contributed by atoms with Crippen molar-refractivity contribution in [1.29, 1.82) is 0 Å². The second-order valence-corrected chi connectivity index (χ2v) is 7.16. The minimum atomic E-state index is -0.242. The zero-order valence-corrected chi connectivity index (χ0v) is 15.0. The Morgan fingerprint density at radius 1 is 1.12 bits per heavy atom. The minimum Gasteiger partial charge on any atom is -0.322 e. The Morgan fingerprint density at radius 2 is 1.85 bits per heavy atom. The molecule has 0 aliphatic carbocycles. The summed E-state index contributed by atoms with van der Waals surface area (Å²) in [5.41, 5.74) is 3.23. The Kier molecular flexibility index (Phi) is 4.71. The molecule has 132 valence electrons. The molecule has 0 unspecified atom stereocenters. The van der Waals surface area contributed by atoms with Crippen LogP contribution in [0.3, 0.4) is 0 Å². The van der Waals surface area contributed by atoms with Crippen molar-refractivity contribution in [3.63, 3.8) is 0 Å². The summed E-state index contributed by atoms with van der Waals surface area (Å²) in [6.07, 6.45) is 4.60. The molecule has 3 aromatic rings. The van der Waals surface area contributed by atoms with Crippen LogP contribution in [0.5, 0.6) is 0 Å². The summed E-state index contributed by atoms with van der Waals surface area (Å²) >= 11 is 0. The Labute approximate surface area is 151 Å². The fourth-order valence-corrected chi connectivity index (χ4v) is 2.60. The maximum atomic E-state index is 12.1. The van der Waals surface area contributed by atoms with Gasteiger partial charge in [0, 0.05) is 11.8 Å². The number of rotatable bonds is 3. The average molecular weight is 347 g/mol. The molecule has 1 heterocycles. The van der Waals surface area contributed by atoms with Crippen LogP contribution in [0.2, 0.25) is 0 Å². The lowest BCUT2D eigenvalue weighted by Gasteiger charge is -2.18. The summed E-state index contributed by atoms with van der Waals surface area (Å²) < 4.78 is 0. The number of aromatic amines is 1. The smallest absolute Gasteiger partial charge is 0.258 e. The predicted octanol–water partition coefficient (Wildman–Crippen LogP) is 3.87. The number of hydrogen-bond acceptors (Lipinski definition) is 3. The van der Waals surface area contributed by atoms with Gasteiger partial charge in [-0.05, 0) is 40.8 Å². The van der Waals surface area contributed by atoms with Crippen LogP contribution in [0, 0.1) is 0 Å². The Bertz CT molecular complexity index is 1030. The topological polar surface area (TPSA) is 74.8 Å². The third-order valence-electron chi connectivity index (χ3n) is 4.11. The van der Waals surface area contributed by atoms with E-state index >= 15 is 0 Å². The third-order valence-corrected chi connectivity index (χ3v) is 4.11. The molecule has 1 amide bonds. The number of carbonyl (C=O) groups is 1. The zero-order chi connectivity index (χ0) is 18.7. The van der Waals surface area contributed by atoms with Crippen molar-refractivity contribution >= 4 is 28.6 Å². The van der Waals surface area contributed by atoms with Gasteiger partial charge in [-0.15, -0.1) is 0 Å². The number of carbonyl (C=O) groups excluding carboxylic acids is 1. The van der Waals surface area contributed by atoms with Crippen LogP contribution >= 0.6 is 0 Å². The molecule has 2 aromatic carbocycles. The molecule has 0 aliphatic rings. The van der Waals surface area contributed by atoms with E-state index in [1.165, 1.54) is 18.0 Å². The number of fused-ring (bicyclic) bond motifs is 1. The first-order chi connectivity index (χ1) is 12.3. The summed E-state index contributed by atoms with van der Waals surface area (Å²) in [7, 11) is 0. The van der Waals surface area contributed by atoms with Crippen molar-refractivity contribution in [2.75, 3.05) is 5.32 Å². The molecule has 5 nitrogen and oxygen atoms in total. The standard InChI is InChI=1S/C21H21N3O2/c1-21(2,3)15-7-4-14(5-8-15)6-11-19(25)24-16-9-10-17-18(12-16)22-13-23-20(17)26/h4-13H,1-3H3,(H,24,25)(H,22,23,26). The highest BCUT2D eigenvalue weighted by molar-refractivity contribution is 6.02. The second kappa shape index (κ2) is 6.96. The van der Waals surface area contributed by atoms with Crippen molar-refractivity contribution in [1.82, 2.24) is 9.97 Å². The lowest BCUT2D eigenvalue weighted by Crippen LogP contribution is -2.10. The molecule has 2 N–H and O–H groups in total. The van der Waals surface area contributed by atoms with Gasteiger partial charge in [0.25, 0.3) is 5.56 Å². The number of nitrogens with zero attached hydrogens (tertiary/aromatic N) is 1. The number of amides is 1. The summed E-state index contributed by atoms with van der Waals surface area (Å²) in [6.45, 7) is 6.49. The Hall–Kier alpha value is -3.21. The van der Waals surface area contributed by atoms with Gasteiger partial charge in [0.05, 0.1) is 17.2 Å². The van der Waals surface area contributed by atoms with Gasteiger partial charge in [0.2, 0.25) is 5.91 Å². The highest BCUT2D eigenvalue weighted by atomic mass is 16.1. The van der Waals surface area contributed by atoms with Crippen molar-refractivity contribution in [3.05, 3.63) is 76.3 Å². The molecule has 5 heteroatoms. The summed E-state index contributed by atoms with van der Waals surface area (Å²) in [6, 6.07) is 13.1. The van der Waals surface area contributed by atoms with E-state index in [0.717, 1.165) is 5.56 Å². The molecule has 26 heavy (non-hydrogen) atoms. The predicted molar refractivity (Wildman–Crippen MR) is 105 cm³/mol. The average Bonchev–Trinajstić information content (AvgIpc) is 2.60. The van der Waals surface area contributed by atoms with Crippen LogP contribution in [0.25, 0.3) is 17.0 Å². The maximum Gasteiger partial charge on any atom is 0.258 e. The lowest BCUT2D eigenvalue weighted by atomic mass is 9.87. The van der Waals surface area contributed by atoms with E-state index in [4.69, 9.17) is 0 Å². The van der Waals surface area contributed by atoms with E-state index in [1.54, 1.807) is 24.3 Å². The van der Waals surface area contributed by atoms with Gasteiger partial charge in [-0.25, -0.2) is 4.98 Å². The number of benzene rings is 2. The first-order valence-corrected chi connectivity index (χ1v) is 8.40. The monoisotopic (exact) mass is 347 g/mol. The van der Waals surface area contributed by atoms with Gasteiger partial charge in [0.1, 0.15) is 0 Å². The van der Waals surface area contributed by atoms with E-state index in [0.29, 0.717) is 16.6 Å². The van der Waals surface area contributed by atoms with E-state index in [1.807, 2.05) is 12.1 Å². The zero-order valence-electron chi connectivity index (χ0n) is 15.0. The number of anilines is 1. The third kappa shape index (κ3) is 4.06. The number of H-pyrrole nitrogens is 1. The molecule has 0 saturated heterocycles. The molecule has 0 atom stereocenters. The summed E-state index contributed by atoms with van der Waals surface area (Å²) in [4.78, 5) is 30.4. The molecule has 0 spiro atoms. The molecule has 1 aromatic heterocycles. The number of nitrogens with one attached hydrogen (secondary N) is 2. The Balaban J connectivity index is 1.70. The normalized spacial score (nSPS) is 11.8. The highest BCUT2D eigenvalue weighted by Gasteiger charge is 2.12. The molecule has 0 aliphatic heterocycles. The van der Waals surface area contributed by atoms with Gasteiger partial charge in [-0.1, -0.05) is 45.0 Å². The molecular weight excluding hydrogens is 326 g/mol. The fourth-order valence-electron chi connectivity index (χ4n) is 2.60. The molecule has 0 fully saturated rings. The Morgan fingerprint density at radius 3 is 2.54 bits per heavy atom. The van der Waals surface area contributed by atoms with Crippen molar-refractivity contribution in [3.8, 4) is 0 Å². The fraction of sp³-hybridized carbons (Fsp3) is 0.190. The number of aromatic nitrogens is 2. The van der Waals surface area contributed by atoms with E-state index < -0.39 is 0 Å².